The van der Waals surface area contributed by atoms with E-state index in [-0.39, 0.29) is 5.37 Å². The number of hydrogen-bond donors (Lipinski definition) is 1. The van der Waals surface area contributed by atoms with Gasteiger partial charge in [-0.25, -0.2) is 0 Å². The van der Waals surface area contributed by atoms with E-state index < -0.39 is 0 Å². The highest BCUT2D eigenvalue weighted by atomic mass is 79.9. The maximum absolute atomic E-state index is 9.46. The Bertz CT molecular complexity index is 871. The summed E-state index contributed by atoms with van der Waals surface area (Å²) in [5.41, 5.74) is 7.35. The second-order valence-corrected chi connectivity index (χ2v) is 9.66. The van der Waals surface area contributed by atoms with E-state index in [1.807, 2.05) is 18.2 Å². The van der Waals surface area contributed by atoms with Crippen molar-refractivity contribution in [3.8, 4) is 6.07 Å². The number of aryl methyl sites for hydroxylation is 1. The second-order valence-electron chi connectivity index (χ2n) is 6.03. The number of nitrogens with zero attached hydrogens (tertiary/aromatic N) is 2. The van der Waals surface area contributed by atoms with Gasteiger partial charge in [0.15, 0.2) is 0 Å². The molecule has 3 nitrogen and oxygen atoms in total. The van der Waals surface area contributed by atoms with Crippen LogP contribution in [0.1, 0.15) is 41.5 Å². The molecule has 6 heteroatoms. The summed E-state index contributed by atoms with van der Waals surface area (Å²) in [6.45, 7) is 6.36. The highest BCUT2D eigenvalue weighted by molar-refractivity contribution is 9.10. The Morgan fingerprint density at radius 2 is 2.08 bits per heavy atom. The van der Waals surface area contributed by atoms with Gasteiger partial charge in [0, 0.05) is 20.2 Å². The number of benzene rings is 2. The van der Waals surface area contributed by atoms with Gasteiger partial charge in [-0.3, -0.25) is 5.43 Å². The number of hydrazone groups is 1. The van der Waals surface area contributed by atoms with Crippen LogP contribution in [0.15, 0.2) is 50.9 Å². The molecule has 1 atom stereocenters. The van der Waals surface area contributed by atoms with Gasteiger partial charge in [-0.05, 0) is 42.3 Å². The lowest BCUT2D eigenvalue weighted by atomic mass is 10.1. The summed E-state index contributed by atoms with van der Waals surface area (Å²) in [4.78, 5) is 1.03. The molecule has 0 radical (unpaired) electrons. The molecule has 1 N–H and O–H groups in total. The van der Waals surface area contributed by atoms with Crippen LogP contribution >= 0.6 is 39.5 Å². The maximum Gasteiger partial charge on any atom is 0.126 e. The molecule has 1 unspecified atom stereocenters. The number of thioether (sulfide) groups is 2. The van der Waals surface area contributed by atoms with Crippen molar-refractivity contribution in [1.82, 2.24) is 5.43 Å². The minimum Gasteiger partial charge on any atom is -0.291 e. The summed E-state index contributed by atoms with van der Waals surface area (Å²) < 4.78 is 1.08. The molecule has 0 bridgehead atoms. The van der Waals surface area contributed by atoms with Crippen molar-refractivity contribution < 1.29 is 0 Å². The normalized spacial score (nSPS) is 16.5. The van der Waals surface area contributed by atoms with Crippen molar-refractivity contribution in [3.63, 3.8) is 0 Å². The minimum atomic E-state index is 0.0957. The van der Waals surface area contributed by atoms with Gasteiger partial charge in [0.1, 0.15) is 16.5 Å². The number of halogens is 1. The van der Waals surface area contributed by atoms with Crippen LogP contribution in [0.3, 0.4) is 0 Å². The zero-order chi connectivity index (χ0) is 18.0. The molecule has 128 valence electrons. The summed E-state index contributed by atoms with van der Waals surface area (Å²) in [6.07, 6.45) is 0. The lowest BCUT2D eigenvalue weighted by Crippen LogP contribution is -2.08. The van der Waals surface area contributed by atoms with Crippen molar-refractivity contribution in [1.29, 1.82) is 5.26 Å². The third-order valence-corrected chi connectivity index (χ3v) is 6.46. The van der Waals surface area contributed by atoms with Gasteiger partial charge < -0.3 is 0 Å². The average molecular weight is 432 g/mol. The van der Waals surface area contributed by atoms with Gasteiger partial charge in [-0.1, -0.05) is 53.7 Å². The third kappa shape index (κ3) is 4.22. The first-order valence-corrected chi connectivity index (χ1v) is 10.5. The molecule has 0 fully saturated rings. The van der Waals surface area contributed by atoms with Crippen LogP contribution in [0.2, 0.25) is 0 Å². The standard InChI is InChI=1S/C19H18BrN3S2/c1-11(2)24-17-7-4-13(9-14(17)10-21)18-22-23-19(25-18)16-6-5-15(20)8-12(16)3/h4-9,11,19,23H,1-3H3. The highest BCUT2D eigenvalue weighted by Crippen LogP contribution is 2.37. The molecule has 2 aromatic rings. The van der Waals surface area contributed by atoms with E-state index >= 15 is 0 Å². The molecule has 0 saturated heterocycles. The molecule has 0 spiro atoms. The molecule has 25 heavy (non-hydrogen) atoms. The van der Waals surface area contributed by atoms with E-state index in [1.165, 1.54) is 11.1 Å². The summed E-state index contributed by atoms with van der Waals surface area (Å²) in [5, 5.41) is 15.4. The minimum absolute atomic E-state index is 0.0957. The smallest absolute Gasteiger partial charge is 0.126 e. The summed E-state index contributed by atoms with van der Waals surface area (Å²) in [7, 11) is 0. The molecular weight excluding hydrogens is 414 g/mol. The van der Waals surface area contributed by atoms with E-state index in [0.717, 1.165) is 20.0 Å². The SMILES string of the molecule is Cc1cc(Br)ccc1C1NN=C(c2ccc(SC(C)C)c(C#N)c2)S1. The van der Waals surface area contributed by atoms with Crippen LogP contribution in [0.25, 0.3) is 0 Å². The second kappa shape index (κ2) is 7.86. The van der Waals surface area contributed by atoms with E-state index in [4.69, 9.17) is 0 Å². The number of nitriles is 1. The summed E-state index contributed by atoms with van der Waals surface area (Å²) in [6, 6.07) is 14.6. The van der Waals surface area contributed by atoms with Gasteiger partial charge in [-0.2, -0.15) is 10.4 Å². The molecular formula is C19H18BrN3S2. The molecule has 1 aliphatic rings. The fourth-order valence-electron chi connectivity index (χ4n) is 2.59. The molecule has 3 rings (SSSR count). The molecule has 1 aliphatic heterocycles. The molecule has 0 aromatic heterocycles. The van der Waals surface area contributed by atoms with E-state index in [9.17, 15) is 5.26 Å². The maximum atomic E-state index is 9.46. The van der Waals surface area contributed by atoms with Crippen LogP contribution in [-0.2, 0) is 0 Å². The third-order valence-electron chi connectivity index (χ3n) is 3.74. The Labute approximate surface area is 165 Å². The summed E-state index contributed by atoms with van der Waals surface area (Å²) >= 11 is 6.90. The molecule has 0 saturated carbocycles. The van der Waals surface area contributed by atoms with Crippen LogP contribution in [0.4, 0.5) is 0 Å². The Balaban J connectivity index is 1.81. The fourth-order valence-corrected chi connectivity index (χ4v) is 5.04. The zero-order valence-electron chi connectivity index (χ0n) is 14.2. The lowest BCUT2D eigenvalue weighted by molar-refractivity contribution is 0.739. The molecule has 2 aromatic carbocycles. The largest absolute Gasteiger partial charge is 0.291 e. The first kappa shape index (κ1) is 18.4. The Hall–Kier alpha value is -1.42. The monoisotopic (exact) mass is 431 g/mol. The van der Waals surface area contributed by atoms with Crippen molar-refractivity contribution in [2.45, 2.75) is 36.3 Å². The number of hydrogen-bond acceptors (Lipinski definition) is 5. The first-order valence-electron chi connectivity index (χ1n) is 7.95. The summed E-state index contributed by atoms with van der Waals surface area (Å²) in [5.74, 6) is 0. The Morgan fingerprint density at radius 1 is 1.28 bits per heavy atom. The topological polar surface area (TPSA) is 48.2 Å². The zero-order valence-corrected chi connectivity index (χ0v) is 17.4. The van der Waals surface area contributed by atoms with Gasteiger partial charge >= 0.3 is 0 Å². The van der Waals surface area contributed by atoms with Gasteiger partial charge in [0.05, 0.1) is 5.56 Å². The van der Waals surface area contributed by atoms with Crippen LogP contribution in [0, 0.1) is 18.3 Å². The fraction of sp³-hybridized carbons (Fsp3) is 0.263. The van der Waals surface area contributed by atoms with E-state index in [0.29, 0.717) is 10.8 Å². The quantitative estimate of drug-likeness (QED) is 0.618. The van der Waals surface area contributed by atoms with Gasteiger partial charge in [0.2, 0.25) is 0 Å². The van der Waals surface area contributed by atoms with Crippen molar-refractivity contribution >= 4 is 44.5 Å². The van der Waals surface area contributed by atoms with Crippen molar-refractivity contribution in [2.24, 2.45) is 5.10 Å². The van der Waals surface area contributed by atoms with E-state index in [1.54, 1.807) is 23.5 Å². The Kier molecular flexibility index (Phi) is 5.78. The molecule has 0 aliphatic carbocycles. The van der Waals surface area contributed by atoms with Crippen LogP contribution in [0.5, 0.6) is 0 Å². The van der Waals surface area contributed by atoms with Crippen LogP contribution in [-0.4, -0.2) is 10.3 Å². The predicted molar refractivity (Wildman–Crippen MR) is 111 cm³/mol. The van der Waals surface area contributed by atoms with Crippen LogP contribution < -0.4 is 5.43 Å². The molecule has 1 heterocycles. The van der Waals surface area contributed by atoms with E-state index in [2.05, 4.69) is 71.5 Å². The number of nitrogens with one attached hydrogen (secondary N) is 1. The molecule has 0 amide bonds. The predicted octanol–water partition coefficient (Wildman–Crippen LogP) is 5.83. The number of rotatable bonds is 4. The van der Waals surface area contributed by atoms with Gasteiger partial charge in [0.25, 0.3) is 0 Å². The van der Waals surface area contributed by atoms with Crippen molar-refractivity contribution in [2.75, 3.05) is 0 Å². The Morgan fingerprint density at radius 3 is 2.76 bits per heavy atom. The average Bonchev–Trinajstić information content (AvgIpc) is 3.04. The highest BCUT2D eigenvalue weighted by Gasteiger charge is 2.24. The lowest BCUT2D eigenvalue weighted by Gasteiger charge is -2.13. The first-order chi connectivity index (χ1) is 12.0. The van der Waals surface area contributed by atoms with Gasteiger partial charge in [-0.15, -0.1) is 11.8 Å². The van der Waals surface area contributed by atoms with Crippen molar-refractivity contribution in [3.05, 3.63) is 63.1 Å².